The number of carbonyl (C=O) groups is 1. The molecule has 140 valence electrons. The average Bonchev–Trinajstić information content (AvgIpc) is 3.11. The van der Waals surface area contributed by atoms with Crippen LogP contribution >= 0.6 is 0 Å². The maximum Gasteiger partial charge on any atom is 0.492 e. The van der Waals surface area contributed by atoms with Crippen LogP contribution in [-0.2, 0) is 9.63 Å². The monoisotopic (exact) mass is 371 g/mol. The molecule has 0 spiro atoms. The van der Waals surface area contributed by atoms with E-state index in [1.807, 2.05) is 0 Å². The molecule has 0 N–H and O–H groups in total. The minimum absolute atomic E-state index is 0.102. The molecule has 1 saturated heterocycles. The number of benzene rings is 1. The Morgan fingerprint density at radius 2 is 2.00 bits per heavy atom. The lowest BCUT2D eigenvalue weighted by Crippen LogP contribution is -2.39. The molecule has 2 aromatic rings. The normalized spacial score (nSPS) is 18.5. The second kappa shape index (κ2) is 7.32. The molecule has 1 atom stereocenters. The fourth-order valence-electron chi connectivity index (χ4n) is 2.65. The third-order valence-electron chi connectivity index (χ3n) is 3.96. The molecule has 7 nitrogen and oxygen atoms in total. The Morgan fingerprint density at radius 1 is 1.27 bits per heavy atom. The number of rotatable bonds is 4. The van der Waals surface area contributed by atoms with Crippen LogP contribution in [0.15, 0.2) is 28.8 Å². The zero-order valence-electron chi connectivity index (χ0n) is 13.8. The first-order chi connectivity index (χ1) is 12.4. The van der Waals surface area contributed by atoms with E-state index < -0.39 is 18.2 Å². The third kappa shape index (κ3) is 3.96. The van der Waals surface area contributed by atoms with Gasteiger partial charge in [0.25, 0.3) is 0 Å². The highest BCUT2D eigenvalue weighted by atomic mass is 19.4. The molecule has 3 rings (SSSR count). The van der Waals surface area contributed by atoms with Gasteiger partial charge in [-0.25, -0.2) is 4.79 Å². The van der Waals surface area contributed by atoms with E-state index >= 15 is 0 Å². The van der Waals surface area contributed by atoms with E-state index in [9.17, 15) is 18.0 Å². The molecule has 1 aromatic heterocycles. The number of hydrogen-bond acceptors (Lipinski definition) is 7. The van der Waals surface area contributed by atoms with Crippen LogP contribution in [0.5, 0.6) is 5.75 Å². The predicted octanol–water partition coefficient (Wildman–Crippen LogP) is 3.29. The van der Waals surface area contributed by atoms with Gasteiger partial charge in [0, 0.05) is 12.1 Å². The Hall–Kier alpha value is -2.62. The van der Waals surface area contributed by atoms with Crippen molar-refractivity contribution in [2.24, 2.45) is 0 Å². The Balaban J connectivity index is 1.78. The fraction of sp³-hybridized carbons (Fsp3) is 0.438. The second-order valence-electron chi connectivity index (χ2n) is 5.71. The lowest BCUT2D eigenvalue weighted by atomic mass is 10.0. The minimum atomic E-state index is -5.06. The van der Waals surface area contributed by atoms with Gasteiger partial charge in [0.15, 0.2) is 0 Å². The highest BCUT2D eigenvalue weighted by Gasteiger charge is 2.44. The maximum absolute atomic E-state index is 12.5. The summed E-state index contributed by atoms with van der Waals surface area (Å²) in [4.78, 5) is 19.9. The van der Waals surface area contributed by atoms with Crippen molar-refractivity contribution in [1.29, 1.82) is 0 Å². The van der Waals surface area contributed by atoms with E-state index in [1.165, 1.54) is 0 Å². The van der Waals surface area contributed by atoms with Gasteiger partial charge in [0.1, 0.15) is 11.8 Å². The van der Waals surface area contributed by atoms with Crippen LogP contribution < -0.4 is 4.74 Å². The number of hydroxylamine groups is 2. The van der Waals surface area contributed by atoms with Crippen molar-refractivity contribution in [1.82, 2.24) is 15.2 Å². The second-order valence-corrected chi connectivity index (χ2v) is 5.71. The number of piperidine rings is 1. The smallest absolute Gasteiger partial charge is 0.492 e. The zero-order chi connectivity index (χ0) is 18.7. The highest BCUT2D eigenvalue weighted by molar-refractivity contribution is 5.75. The molecule has 1 fully saturated rings. The molecule has 0 amide bonds. The van der Waals surface area contributed by atoms with Crippen molar-refractivity contribution in [2.45, 2.75) is 31.5 Å². The van der Waals surface area contributed by atoms with Gasteiger partial charge in [-0.15, -0.1) is 5.06 Å². The average molecular weight is 371 g/mol. The van der Waals surface area contributed by atoms with E-state index in [0.29, 0.717) is 24.2 Å². The summed E-state index contributed by atoms with van der Waals surface area (Å²) in [7, 11) is 1.54. The highest BCUT2D eigenvalue weighted by Crippen LogP contribution is 2.32. The summed E-state index contributed by atoms with van der Waals surface area (Å²) in [6.45, 7) is 0.159. The third-order valence-corrected chi connectivity index (χ3v) is 3.96. The fourth-order valence-corrected chi connectivity index (χ4v) is 2.65. The summed E-state index contributed by atoms with van der Waals surface area (Å²) < 4.78 is 47.7. The summed E-state index contributed by atoms with van der Waals surface area (Å²) in [6.07, 6.45) is -3.29. The number of hydrogen-bond donors (Lipinski definition) is 0. The van der Waals surface area contributed by atoms with Crippen molar-refractivity contribution in [3.05, 3.63) is 30.2 Å². The van der Waals surface area contributed by atoms with Gasteiger partial charge in [0.2, 0.25) is 11.7 Å². The van der Waals surface area contributed by atoms with Crippen molar-refractivity contribution >= 4 is 5.97 Å². The number of halogens is 3. The summed E-state index contributed by atoms with van der Waals surface area (Å²) in [6, 6.07) is 6.20. The van der Waals surface area contributed by atoms with Gasteiger partial charge in [-0.1, -0.05) is 5.16 Å². The van der Waals surface area contributed by atoms with Gasteiger partial charge in [-0.2, -0.15) is 18.2 Å². The molecule has 0 unspecified atom stereocenters. The lowest BCUT2D eigenvalue weighted by Gasteiger charge is -2.31. The number of methoxy groups -OCH3 is 1. The standard InChI is InChI=1S/C16H16F3N3O4/c1-24-11-7-5-10(6-8-11)13-20-14(25-21-13)12-4-2-3-9-22(12)26-15(23)16(17,18)19/h5-8,12H,2-4,9H2,1H3/t12-/m1/s1. The first-order valence-corrected chi connectivity index (χ1v) is 7.92. The topological polar surface area (TPSA) is 77.7 Å². The molecule has 1 aromatic carbocycles. The van der Waals surface area contributed by atoms with E-state index in [0.717, 1.165) is 11.5 Å². The van der Waals surface area contributed by atoms with Gasteiger partial charge in [0.05, 0.1) is 7.11 Å². The summed E-state index contributed by atoms with van der Waals surface area (Å²) in [5.74, 6) is -1.21. The molecule has 1 aliphatic rings. The van der Waals surface area contributed by atoms with E-state index in [2.05, 4.69) is 15.0 Å². The molecule has 0 aliphatic carbocycles. The van der Waals surface area contributed by atoms with E-state index in [-0.39, 0.29) is 18.3 Å². The van der Waals surface area contributed by atoms with Crippen molar-refractivity contribution in [2.75, 3.05) is 13.7 Å². The molecule has 0 saturated carbocycles. The molecule has 26 heavy (non-hydrogen) atoms. The summed E-state index contributed by atoms with van der Waals surface area (Å²) in [5.41, 5.74) is 0.662. The molecule has 10 heteroatoms. The molecular formula is C16H16F3N3O4. The number of ether oxygens (including phenoxy) is 1. The number of alkyl halides is 3. The largest absolute Gasteiger partial charge is 0.497 e. The van der Waals surface area contributed by atoms with Crippen LogP contribution in [0.25, 0.3) is 11.4 Å². The van der Waals surface area contributed by atoms with E-state index in [4.69, 9.17) is 9.26 Å². The van der Waals surface area contributed by atoms with Crippen LogP contribution in [0.1, 0.15) is 31.2 Å². The van der Waals surface area contributed by atoms with Gasteiger partial charge in [-0.3, -0.25) is 0 Å². The first kappa shape index (κ1) is 18.2. The van der Waals surface area contributed by atoms with Crippen molar-refractivity contribution in [3.8, 4) is 17.1 Å². The van der Waals surface area contributed by atoms with Crippen molar-refractivity contribution < 1.29 is 32.1 Å². The number of carbonyl (C=O) groups excluding carboxylic acids is 1. The van der Waals surface area contributed by atoms with Crippen molar-refractivity contribution in [3.63, 3.8) is 0 Å². The number of nitrogens with zero attached hydrogens (tertiary/aromatic N) is 3. The van der Waals surface area contributed by atoms with Gasteiger partial charge in [-0.05, 0) is 43.5 Å². The molecule has 0 radical (unpaired) electrons. The molecule has 0 bridgehead atoms. The first-order valence-electron chi connectivity index (χ1n) is 7.92. The molecular weight excluding hydrogens is 355 g/mol. The zero-order valence-corrected chi connectivity index (χ0v) is 13.8. The Bertz CT molecular complexity index is 761. The van der Waals surface area contributed by atoms with Crippen LogP contribution in [0.2, 0.25) is 0 Å². The Morgan fingerprint density at radius 3 is 2.65 bits per heavy atom. The van der Waals surface area contributed by atoms with Crippen LogP contribution in [-0.4, -0.2) is 41.0 Å². The SMILES string of the molecule is COc1ccc(-c2noc([C@H]3CCCCN3OC(=O)C(F)(F)F)n2)cc1. The van der Waals surface area contributed by atoms with E-state index in [1.54, 1.807) is 31.4 Å². The van der Waals surface area contributed by atoms with Crippen LogP contribution in [0, 0.1) is 0 Å². The van der Waals surface area contributed by atoms with Crippen LogP contribution in [0.4, 0.5) is 13.2 Å². The molecule has 1 aliphatic heterocycles. The summed E-state index contributed by atoms with van der Waals surface area (Å²) in [5, 5.41) is 4.83. The quantitative estimate of drug-likeness (QED) is 0.816. The summed E-state index contributed by atoms with van der Waals surface area (Å²) >= 11 is 0. The lowest BCUT2D eigenvalue weighted by molar-refractivity contribution is -0.252. The molecule has 2 heterocycles. The van der Waals surface area contributed by atoms with Gasteiger partial charge >= 0.3 is 12.1 Å². The Labute approximate surface area is 146 Å². The minimum Gasteiger partial charge on any atom is -0.497 e. The Kier molecular flexibility index (Phi) is 5.12. The van der Waals surface area contributed by atoms with Gasteiger partial charge < -0.3 is 14.1 Å². The predicted molar refractivity (Wildman–Crippen MR) is 81.7 cm³/mol. The maximum atomic E-state index is 12.5. The number of aromatic nitrogens is 2. The van der Waals surface area contributed by atoms with Crippen LogP contribution in [0.3, 0.4) is 0 Å².